The van der Waals surface area contributed by atoms with Gasteiger partial charge in [-0.05, 0) is 38.5 Å². The SMILES string of the molecule is CCOc1ccc(-c2c(C)sc3nc(C)nc(N(CCOC)CCOC)c23)cc1. The summed E-state index contributed by atoms with van der Waals surface area (Å²) in [5.74, 6) is 2.59. The lowest BCUT2D eigenvalue weighted by molar-refractivity contribution is 0.190. The average Bonchev–Trinajstić information content (AvgIpc) is 3.04. The Kier molecular flexibility index (Phi) is 7.41. The third kappa shape index (κ3) is 4.86. The highest BCUT2D eigenvalue weighted by atomic mass is 32.1. The fourth-order valence-electron chi connectivity index (χ4n) is 3.38. The Labute approximate surface area is 176 Å². The summed E-state index contributed by atoms with van der Waals surface area (Å²) in [5.41, 5.74) is 2.33. The summed E-state index contributed by atoms with van der Waals surface area (Å²) >= 11 is 1.71. The van der Waals surface area contributed by atoms with E-state index in [1.807, 2.05) is 26.0 Å². The molecule has 156 valence electrons. The number of thiophene rings is 1. The molecular weight excluding hydrogens is 386 g/mol. The van der Waals surface area contributed by atoms with Crippen LogP contribution >= 0.6 is 11.3 Å². The third-order valence-corrected chi connectivity index (χ3v) is 5.70. The molecule has 3 rings (SSSR count). The molecule has 0 unspecified atom stereocenters. The first-order valence-electron chi connectivity index (χ1n) is 9.82. The van der Waals surface area contributed by atoms with E-state index < -0.39 is 0 Å². The van der Waals surface area contributed by atoms with Gasteiger partial charge in [0, 0.05) is 37.7 Å². The number of aryl methyl sites for hydroxylation is 2. The van der Waals surface area contributed by atoms with Crippen LogP contribution in [0.15, 0.2) is 24.3 Å². The van der Waals surface area contributed by atoms with Crippen molar-refractivity contribution in [2.24, 2.45) is 0 Å². The zero-order valence-corrected chi connectivity index (χ0v) is 18.6. The van der Waals surface area contributed by atoms with Crippen LogP contribution < -0.4 is 9.64 Å². The van der Waals surface area contributed by atoms with E-state index in [1.54, 1.807) is 25.6 Å². The van der Waals surface area contributed by atoms with Crippen molar-refractivity contribution in [1.29, 1.82) is 0 Å². The van der Waals surface area contributed by atoms with Crippen molar-refractivity contribution in [1.82, 2.24) is 9.97 Å². The third-order valence-electron chi connectivity index (χ3n) is 4.70. The summed E-state index contributed by atoms with van der Waals surface area (Å²) in [5, 5.41) is 1.09. The van der Waals surface area contributed by atoms with E-state index in [1.165, 1.54) is 10.4 Å². The molecule has 0 saturated carbocycles. The van der Waals surface area contributed by atoms with Crippen molar-refractivity contribution in [3.8, 4) is 16.9 Å². The van der Waals surface area contributed by atoms with Crippen LogP contribution in [0.4, 0.5) is 5.82 Å². The van der Waals surface area contributed by atoms with Gasteiger partial charge in [-0.3, -0.25) is 0 Å². The van der Waals surface area contributed by atoms with Gasteiger partial charge in [0.25, 0.3) is 0 Å². The van der Waals surface area contributed by atoms with Gasteiger partial charge in [-0.1, -0.05) is 12.1 Å². The van der Waals surface area contributed by atoms with E-state index in [-0.39, 0.29) is 0 Å². The quantitative estimate of drug-likeness (QED) is 0.487. The largest absolute Gasteiger partial charge is 0.494 e. The molecule has 0 aliphatic rings. The molecule has 29 heavy (non-hydrogen) atoms. The van der Waals surface area contributed by atoms with Gasteiger partial charge in [-0.2, -0.15) is 0 Å². The second kappa shape index (κ2) is 10.0. The smallest absolute Gasteiger partial charge is 0.141 e. The minimum Gasteiger partial charge on any atom is -0.494 e. The van der Waals surface area contributed by atoms with Gasteiger partial charge in [0.1, 0.15) is 22.2 Å². The van der Waals surface area contributed by atoms with E-state index in [2.05, 4.69) is 24.0 Å². The van der Waals surface area contributed by atoms with Crippen LogP contribution in [0.5, 0.6) is 5.75 Å². The lowest BCUT2D eigenvalue weighted by atomic mass is 10.0. The van der Waals surface area contributed by atoms with Crippen molar-refractivity contribution >= 4 is 27.4 Å². The van der Waals surface area contributed by atoms with Crippen molar-refractivity contribution < 1.29 is 14.2 Å². The van der Waals surface area contributed by atoms with E-state index in [4.69, 9.17) is 24.2 Å². The van der Waals surface area contributed by atoms with Gasteiger partial charge < -0.3 is 19.1 Å². The van der Waals surface area contributed by atoms with Gasteiger partial charge in [-0.25, -0.2) is 9.97 Å². The number of nitrogens with zero attached hydrogens (tertiary/aromatic N) is 3. The predicted octanol–water partition coefficient (Wildman–Crippen LogP) is 4.47. The number of ether oxygens (including phenoxy) is 3. The number of hydrogen-bond donors (Lipinski definition) is 0. The zero-order chi connectivity index (χ0) is 20.8. The number of hydrogen-bond acceptors (Lipinski definition) is 7. The highest BCUT2D eigenvalue weighted by molar-refractivity contribution is 7.19. The molecule has 0 amide bonds. The van der Waals surface area contributed by atoms with Crippen LogP contribution in [0.25, 0.3) is 21.3 Å². The first-order chi connectivity index (χ1) is 14.1. The Morgan fingerprint density at radius 3 is 2.21 bits per heavy atom. The molecule has 0 aliphatic carbocycles. The Morgan fingerprint density at radius 2 is 1.62 bits per heavy atom. The number of anilines is 1. The number of methoxy groups -OCH3 is 2. The summed E-state index contributed by atoms with van der Waals surface area (Å²) in [6, 6.07) is 8.25. The maximum Gasteiger partial charge on any atom is 0.141 e. The molecule has 0 fully saturated rings. The van der Waals surface area contributed by atoms with Gasteiger partial charge in [0.15, 0.2) is 0 Å². The molecule has 3 aromatic rings. The predicted molar refractivity (Wildman–Crippen MR) is 119 cm³/mol. The second-order valence-corrected chi connectivity index (χ2v) is 7.94. The molecule has 7 heteroatoms. The second-order valence-electron chi connectivity index (χ2n) is 6.74. The minimum absolute atomic E-state index is 0.621. The normalized spacial score (nSPS) is 11.2. The molecule has 0 aliphatic heterocycles. The maximum atomic E-state index is 5.60. The van der Waals surface area contributed by atoms with Crippen LogP contribution in [0.2, 0.25) is 0 Å². The molecule has 0 spiro atoms. The van der Waals surface area contributed by atoms with Crippen LogP contribution in [0.1, 0.15) is 17.6 Å². The lowest BCUT2D eigenvalue weighted by Crippen LogP contribution is -2.31. The summed E-state index contributed by atoms with van der Waals surface area (Å²) in [7, 11) is 3.44. The molecule has 0 bridgehead atoms. The molecular formula is C22H29N3O3S. The molecule has 0 atom stereocenters. The Bertz CT molecular complexity index is 933. The van der Waals surface area contributed by atoms with Crippen molar-refractivity contribution in [2.45, 2.75) is 20.8 Å². The summed E-state index contributed by atoms with van der Waals surface area (Å²) in [6.07, 6.45) is 0. The Morgan fingerprint density at radius 1 is 0.966 bits per heavy atom. The number of aromatic nitrogens is 2. The molecule has 1 aromatic carbocycles. The topological polar surface area (TPSA) is 56.7 Å². The first kappa shape index (κ1) is 21.5. The zero-order valence-electron chi connectivity index (χ0n) is 17.8. The fraction of sp³-hybridized carbons (Fsp3) is 0.455. The molecule has 2 heterocycles. The van der Waals surface area contributed by atoms with E-state index in [0.717, 1.165) is 46.3 Å². The summed E-state index contributed by atoms with van der Waals surface area (Å²) in [4.78, 5) is 14.0. The van der Waals surface area contributed by atoms with E-state index in [0.29, 0.717) is 19.8 Å². The summed E-state index contributed by atoms with van der Waals surface area (Å²) in [6.45, 7) is 9.46. The van der Waals surface area contributed by atoms with Gasteiger partial charge in [0.2, 0.25) is 0 Å². The lowest BCUT2D eigenvalue weighted by Gasteiger charge is -2.24. The van der Waals surface area contributed by atoms with Crippen molar-refractivity contribution in [2.75, 3.05) is 52.0 Å². The molecule has 2 aromatic heterocycles. The molecule has 6 nitrogen and oxygen atoms in total. The minimum atomic E-state index is 0.621. The van der Waals surface area contributed by atoms with Crippen LogP contribution in [-0.4, -0.2) is 57.1 Å². The molecule has 0 saturated heterocycles. The summed E-state index contributed by atoms with van der Waals surface area (Å²) < 4.78 is 16.3. The van der Waals surface area contributed by atoms with Gasteiger partial charge >= 0.3 is 0 Å². The van der Waals surface area contributed by atoms with E-state index >= 15 is 0 Å². The van der Waals surface area contributed by atoms with Crippen molar-refractivity contribution in [3.63, 3.8) is 0 Å². The van der Waals surface area contributed by atoms with E-state index in [9.17, 15) is 0 Å². The number of benzene rings is 1. The van der Waals surface area contributed by atoms with Crippen LogP contribution in [-0.2, 0) is 9.47 Å². The van der Waals surface area contributed by atoms with Crippen molar-refractivity contribution in [3.05, 3.63) is 35.0 Å². The highest BCUT2D eigenvalue weighted by Crippen LogP contribution is 2.42. The monoisotopic (exact) mass is 415 g/mol. The first-order valence-corrected chi connectivity index (χ1v) is 10.6. The average molecular weight is 416 g/mol. The van der Waals surface area contributed by atoms with Gasteiger partial charge in [-0.15, -0.1) is 11.3 Å². The maximum absolute atomic E-state index is 5.60. The van der Waals surface area contributed by atoms with Crippen LogP contribution in [0, 0.1) is 13.8 Å². The number of rotatable bonds is 10. The fourth-order valence-corrected chi connectivity index (χ4v) is 4.47. The Hall–Kier alpha value is -2.22. The molecule has 0 radical (unpaired) electrons. The molecule has 0 N–H and O–H groups in total. The highest BCUT2D eigenvalue weighted by Gasteiger charge is 2.21. The Balaban J connectivity index is 2.14. The van der Waals surface area contributed by atoms with Crippen LogP contribution in [0.3, 0.4) is 0 Å². The van der Waals surface area contributed by atoms with Gasteiger partial charge in [0.05, 0.1) is 25.2 Å². The standard InChI is InChI=1S/C22H29N3O3S/c1-6-28-18-9-7-17(8-10-18)19-15(2)29-22-20(19)21(23-16(3)24-22)25(11-13-26-4)12-14-27-5/h7-10H,6,11-14H2,1-5H3. The number of fused-ring (bicyclic) bond motifs is 1.